The van der Waals surface area contributed by atoms with Crippen molar-refractivity contribution in [2.24, 2.45) is 5.73 Å². The summed E-state index contributed by atoms with van der Waals surface area (Å²) < 4.78 is 2.01. The van der Waals surface area contributed by atoms with E-state index in [9.17, 15) is 0 Å². The van der Waals surface area contributed by atoms with E-state index in [4.69, 9.17) is 10.8 Å². The van der Waals surface area contributed by atoms with Gasteiger partial charge >= 0.3 is 0 Å². The third-order valence-corrected chi connectivity index (χ3v) is 3.41. The van der Waals surface area contributed by atoms with Crippen molar-refractivity contribution < 1.29 is 5.11 Å². The predicted molar refractivity (Wildman–Crippen MR) is 80.6 cm³/mol. The molecule has 0 radical (unpaired) electrons. The lowest BCUT2D eigenvalue weighted by Gasteiger charge is -2.20. The van der Waals surface area contributed by atoms with Gasteiger partial charge in [-0.25, -0.2) is 4.98 Å². The standard InChI is InChI=1S/C15H22N4O/c1-18(13-6-3-2-4-7-13)8-5-9-19-12-17-10-15(19)14(16)11-20/h2-4,6-7,10,12,14,20H,5,8-9,11,16H2,1H3. The number of aryl methyl sites for hydroxylation is 1. The summed E-state index contributed by atoms with van der Waals surface area (Å²) in [6, 6.07) is 9.95. The Morgan fingerprint density at radius 3 is 2.80 bits per heavy atom. The monoisotopic (exact) mass is 274 g/mol. The first-order valence-corrected chi connectivity index (χ1v) is 6.85. The largest absolute Gasteiger partial charge is 0.394 e. The van der Waals surface area contributed by atoms with Crippen molar-refractivity contribution in [2.75, 3.05) is 25.1 Å². The van der Waals surface area contributed by atoms with Crippen LogP contribution in [0.15, 0.2) is 42.9 Å². The maximum atomic E-state index is 9.12. The van der Waals surface area contributed by atoms with Crippen LogP contribution in [0, 0.1) is 0 Å². The predicted octanol–water partition coefficient (Wildman–Crippen LogP) is 1.40. The van der Waals surface area contributed by atoms with Gasteiger partial charge in [-0.2, -0.15) is 0 Å². The Kier molecular flexibility index (Phi) is 5.15. The van der Waals surface area contributed by atoms with Gasteiger partial charge in [0.15, 0.2) is 0 Å². The van der Waals surface area contributed by atoms with E-state index >= 15 is 0 Å². The highest BCUT2D eigenvalue weighted by Crippen LogP contribution is 2.13. The molecule has 0 aliphatic rings. The molecule has 20 heavy (non-hydrogen) atoms. The molecule has 5 heteroatoms. The van der Waals surface area contributed by atoms with Gasteiger partial charge in [0.1, 0.15) is 0 Å². The quantitative estimate of drug-likeness (QED) is 0.801. The van der Waals surface area contributed by atoms with Gasteiger partial charge in [0.05, 0.1) is 24.7 Å². The van der Waals surface area contributed by atoms with Crippen LogP contribution in [0.1, 0.15) is 18.2 Å². The Labute approximate surface area is 119 Å². The van der Waals surface area contributed by atoms with E-state index in [1.165, 1.54) is 5.69 Å². The molecule has 1 aromatic carbocycles. The van der Waals surface area contributed by atoms with E-state index in [0.29, 0.717) is 0 Å². The van der Waals surface area contributed by atoms with E-state index < -0.39 is 0 Å². The Hall–Kier alpha value is -1.85. The molecule has 5 nitrogen and oxygen atoms in total. The average molecular weight is 274 g/mol. The van der Waals surface area contributed by atoms with Gasteiger partial charge in [-0.3, -0.25) is 0 Å². The molecule has 1 atom stereocenters. The number of nitrogens with two attached hydrogens (primary N) is 1. The van der Waals surface area contributed by atoms with Crippen molar-refractivity contribution in [2.45, 2.75) is 19.0 Å². The first-order valence-electron chi connectivity index (χ1n) is 6.85. The van der Waals surface area contributed by atoms with Crippen LogP contribution in [0.3, 0.4) is 0 Å². The maximum absolute atomic E-state index is 9.12. The van der Waals surface area contributed by atoms with Crippen LogP contribution in [0.25, 0.3) is 0 Å². The van der Waals surface area contributed by atoms with Crippen LogP contribution < -0.4 is 10.6 Å². The molecule has 2 rings (SSSR count). The zero-order valence-corrected chi connectivity index (χ0v) is 11.8. The summed E-state index contributed by atoms with van der Waals surface area (Å²) in [5.41, 5.74) is 7.94. The lowest BCUT2D eigenvalue weighted by molar-refractivity contribution is 0.263. The molecule has 1 heterocycles. The number of aromatic nitrogens is 2. The van der Waals surface area contributed by atoms with Crippen LogP contribution in [0.5, 0.6) is 0 Å². The highest BCUT2D eigenvalue weighted by Gasteiger charge is 2.10. The fraction of sp³-hybridized carbons (Fsp3) is 0.400. The number of aliphatic hydroxyl groups is 1. The number of rotatable bonds is 7. The fourth-order valence-electron chi connectivity index (χ4n) is 2.21. The van der Waals surface area contributed by atoms with E-state index in [-0.39, 0.29) is 12.6 Å². The molecular weight excluding hydrogens is 252 g/mol. The number of anilines is 1. The van der Waals surface area contributed by atoms with Crippen LogP contribution in [-0.2, 0) is 6.54 Å². The zero-order chi connectivity index (χ0) is 14.4. The summed E-state index contributed by atoms with van der Waals surface area (Å²) in [7, 11) is 2.09. The van der Waals surface area contributed by atoms with Crippen molar-refractivity contribution in [1.29, 1.82) is 0 Å². The number of nitrogens with zero attached hydrogens (tertiary/aromatic N) is 3. The molecule has 0 bridgehead atoms. The van der Waals surface area contributed by atoms with Crippen LogP contribution >= 0.6 is 0 Å². The molecule has 0 spiro atoms. The Morgan fingerprint density at radius 2 is 2.10 bits per heavy atom. The van der Waals surface area contributed by atoms with E-state index in [1.807, 2.05) is 22.8 Å². The second-order valence-corrected chi connectivity index (χ2v) is 4.91. The summed E-state index contributed by atoms with van der Waals surface area (Å²) in [6.07, 6.45) is 4.49. The maximum Gasteiger partial charge on any atom is 0.0948 e. The number of para-hydroxylation sites is 1. The number of hydrogen-bond acceptors (Lipinski definition) is 4. The molecule has 108 valence electrons. The van der Waals surface area contributed by atoms with Crippen molar-refractivity contribution in [1.82, 2.24) is 9.55 Å². The van der Waals surface area contributed by atoms with E-state index in [1.54, 1.807) is 12.5 Å². The Balaban J connectivity index is 1.86. The zero-order valence-electron chi connectivity index (χ0n) is 11.8. The third kappa shape index (κ3) is 3.59. The van der Waals surface area contributed by atoms with E-state index in [0.717, 1.165) is 25.2 Å². The molecular formula is C15H22N4O. The molecule has 2 aromatic rings. The van der Waals surface area contributed by atoms with Crippen molar-refractivity contribution in [3.05, 3.63) is 48.5 Å². The average Bonchev–Trinajstić information content (AvgIpc) is 2.95. The molecule has 0 aliphatic carbocycles. The fourth-order valence-corrected chi connectivity index (χ4v) is 2.21. The molecule has 0 saturated heterocycles. The number of benzene rings is 1. The minimum atomic E-state index is -0.357. The summed E-state index contributed by atoms with van der Waals surface area (Å²) >= 11 is 0. The van der Waals surface area contributed by atoms with Gasteiger partial charge < -0.3 is 20.3 Å². The van der Waals surface area contributed by atoms with Gasteiger partial charge in [0, 0.05) is 32.0 Å². The van der Waals surface area contributed by atoms with Crippen LogP contribution in [-0.4, -0.2) is 34.9 Å². The molecule has 0 aliphatic heterocycles. The molecule has 0 fully saturated rings. The highest BCUT2D eigenvalue weighted by molar-refractivity contribution is 5.44. The Bertz CT molecular complexity index is 512. The molecule has 1 unspecified atom stereocenters. The highest BCUT2D eigenvalue weighted by atomic mass is 16.3. The van der Waals surface area contributed by atoms with Gasteiger partial charge in [0.25, 0.3) is 0 Å². The first-order chi connectivity index (χ1) is 9.72. The Morgan fingerprint density at radius 1 is 1.35 bits per heavy atom. The molecule has 0 saturated carbocycles. The molecule has 1 aromatic heterocycles. The van der Waals surface area contributed by atoms with Gasteiger partial charge in [0.2, 0.25) is 0 Å². The second-order valence-electron chi connectivity index (χ2n) is 4.91. The van der Waals surface area contributed by atoms with Crippen molar-refractivity contribution in [3.63, 3.8) is 0 Å². The summed E-state index contributed by atoms with van der Waals surface area (Å²) in [6.45, 7) is 1.74. The molecule has 0 amide bonds. The smallest absolute Gasteiger partial charge is 0.0948 e. The summed E-state index contributed by atoms with van der Waals surface area (Å²) in [5, 5.41) is 9.12. The number of aliphatic hydroxyl groups excluding tert-OH is 1. The third-order valence-electron chi connectivity index (χ3n) is 3.41. The summed E-state index contributed by atoms with van der Waals surface area (Å²) in [5.74, 6) is 0. The number of imidazole rings is 1. The molecule has 3 N–H and O–H groups in total. The second kappa shape index (κ2) is 7.07. The first kappa shape index (κ1) is 14.6. The van der Waals surface area contributed by atoms with Crippen LogP contribution in [0.4, 0.5) is 5.69 Å². The lowest BCUT2D eigenvalue weighted by atomic mass is 10.2. The van der Waals surface area contributed by atoms with Crippen LogP contribution in [0.2, 0.25) is 0 Å². The normalized spacial score (nSPS) is 12.3. The minimum Gasteiger partial charge on any atom is -0.394 e. The van der Waals surface area contributed by atoms with Crippen molar-refractivity contribution in [3.8, 4) is 0 Å². The number of hydrogen-bond donors (Lipinski definition) is 2. The van der Waals surface area contributed by atoms with Crippen molar-refractivity contribution >= 4 is 5.69 Å². The lowest BCUT2D eigenvalue weighted by Crippen LogP contribution is -2.22. The van der Waals surface area contributed by atoms with Gasteiger partial charge in [-0.15, -0.1) is 0 Å². The summed E-state index contributed by atoms with van der Waals surface area (Å²) in [4.78, 5) is 6.33. The SMILES string of the molecule is CN(CCCn1cncc1C(N)CO)c1ccccc1. The minimum absolute atomic E-state index is 0.0599. The van der Waals surface area contributed by atoms with Gasteiger partial charge in [-0.1, -0.05) is 18.2 Å². The van der Waals surface area contributed by atoms with Gasteiger partial charge in [-0.05, 0) is 18.6 Å². The topological polar surface area (TPSA) is 67.3 Å². The van der Waals surface area contributed by atoms with E-state index in [2.05, 4.69) is 29.1 Å².